The summed E-state index contributed by atoms with van der Waals surface area (Å²) < 4.78 is 52.0. The van der Waals surface area contributed by atoms with Crippen LogP contribution < -0.4 is 4.74 Å². The molecule has 0 heterocycles. The molecule has 6 nitrogen and oxygen atoms in total. The Hall–Kier alpha value is -0.880. The normalized spacial score (nSPS) is 14.9. The van der Waals surface area contributed by atoms with E-state index in [-0.39, 0.29) is 22.9 Å². The minimum atomic E-state index is -4.06. The van der Waals surface area contributed by atoms with Crippen molar-refractivity contribution in [1.82, 2.24) is 0 Å². The molecule has 1 unspecified atom stereocenters. The zero-order valence-corrected chi connectivity index (χ0v) is 14.3. The summed E-state index contributed by atoms with van der Waals surface area (Å²) in [5.74, 6) is 0.175. The third-order valence-corrected chi connectivity index (χ3v) is 6.40. The fraction of sp³-hybridized carbons (Fsp3) is 0.538. The van der Waals surface area contributed by atoms with Crippen molar-refractivity contribution in [3.63, 3.8) is 0 Å². The number of benzene rings is 1. The maximum atomic E-state index is 12.4. The summed E-state index contributed by atoms with van der Waals surface area (Å²) in [6.07, 6.45) is -0.553. The predicted octanol–water partition coefficient (Wildman–Crippen LogP) is 3.08. The van der Waals surface area contributed by atoms with Crippen molar-refractivity contribution in [3.8, 4) is 5.75 Å². The van der Waals surface area contributed by atoms with Crippen molar-refractivity contribution in [3.05, 3.63) is 24.3 Å². The van der Waals surface area contributed by atoms with E-state index < -0.39 is 23.8 Å². The zero-order chi connectivity index (χ0) is 16.1. The van der Waals surface area contributed by atoms with E-state index in [1.165, 1.54) is 19.2 Å². The summed E-state index contributed by atoms with van der Waals surface area (Å²) in [4.78, 5) is -0.0975. The molecule has 8 heteroatoms. The predicted molar refractivity (Wildman–Crippen MR) is 80.5 cm³/mol. The molecule has 0 bridgehead atoms. The van der Waals surface area contributed by atoms with E-state index in [1.807, 2.05) is 0 Å². The van der Waals surface area contributed by atoms with Crippen molar-refractivity contribution in [2.45, 2.75) is 31.8 Å². The fourth-order valence-corrected chi connectivity index (χ4v) is 4.75. The molecule has 1 rings (SSSR count). The van der Waals surface area contributed by atoms with E-state index in [4.69, 9.17) is 13.4 Å². The van der Waals surface area contributed by atoms with Gasteiger partial charge in [0.05, 0.1) is 13.2 Å². The first kappa shape index (κ1) is 18.2. The van der Waals surface area contributed by atoms with Gasteiger partial charge in [0, 0.05) is 6.16 Å². The monoisotopic (exact) mass is 336 g/mol. The van der Waals surface area contributed by atoms with Crippen molar-refractivity contribution in [2.75, 3.05) is 19.6 Å². The highest BCUT2D eigenvalue weighted by molar-refractivity contribution is 7.87. The highest BCUT2D eigenvalue weighted by Gasteiger charge is 2.28. The lowest BCUT2D eigenvalue weighted by Gasteiger charge is -2.19. The van der Waals surface area contributed by atoms with Crippen LogP contribution in [0.25, 0.3) is 0 Å². The molecule has 120 valence electrons. The van der Waals surface area contributed by atoms with Gasteiger partial charge in [-0.1, -0.05) is 19.1 Å². The van der Waals surface area contributed by atoms with Crippen LogP contribution in [-0.2, 0) is 23.4 Å². The summed E-state index contributed by atoms with van der Waals surface area (Å²) in [5, 5.41) is 0. The van der Waals surface area contributed by atoms with Crippen LogP contribution in [0, 0.1) is 0 Å². The molecular formula is C13H21O6PS. The van der Waals surface area contributed by atoms with Gasteiger partial charge in [-0.05, 0) is 26.0 Å². The Labute approximate surface area is 126 Å². The minimum absolute atomic E-state index is 0.0975. The molecule has 0 radical (unpaired) electrons. The first-order valence-electron chi connectivity index (χ1n) is 6.53. The molecule has 0 aliphatic heterocycles. The highest BCUT2D eigenvalue weighted by atomic mass is 32.2. The first-order valence-corrected chi connectivity index (χ1v) is 9.93. The van der Waals surface area contributed by atoms with Crippen LogP contribution in [0.1, 0.15) is 20.8 Å². The average molecular weight is 336 g/mol. The molecule has 0 amide bonds. The lowest BCUT2D eigenvalue weighted by Crippen LogP contribution is -2.13. The van der Waals surface area contributed by atoms with Crippen LogP contribution in [0.2, 0.25) is 0 Å². The van der Waals surface area contributed by atoms with E-state index in [1.54, 1.807) is 32.9 Å². The number of para-hydroxylation sites is 1. The summed E-state index contributed by atoms with van der Waals surface area (Å²) in [5.41, 5.74) is 0. The van der Waals surface area contributed by atoms with Gasteiger partial charge in [0.15, 0.2) is 0 Å². The Morgan fingerprint density at radius 1 is 1.24 bits per heavy atom. The largest absolute Gasteiger partial charge is 0.495 e. The number of hydrogen-bond acceptors (Lipinski definition) is 6. The molecule has 1 aromatic rings. The highest BCUT2D eigenvalue weighted by Crippen LogP contribution is 2.48. The summed E-state index contributed by atoms with van der Waals surface area (Å²) >= 11 is 0. The third kappa shape index (κ3) is 5.11. The number of methoxy groups -OCH3 is 1. The second-order valence-electron chi connectivity index (χ2n) is 4.64. The minimum Gasteiger partial charge on any atom is -0.495 e. The standard InChI is InChI=1S/C13H21O6PS/c1-5-20(14,19-11(2)3)10-18-21(15,16)13-9-7-6-8-12(13)17-4/h6-9,11H,5,10H2,1-4H3. The van der Waals surface area contributed by atoms with Crippen molar-refractivity contribution in [1.29, 1.82) is 0 Å². The van der Waals surface area contributed by atoms with E-state index >= 15 is 0 Å². The van der Waals surface area contributed by atoms with Crippen LogP contribution in [0.4, 0.5) is 0 Å². The molecule has 1 atom stereocenters. The Balaban J connectivity index is 2.93. The molecule has 21 heavy (non-hydrogen) atoms. The lowest BCUT2D eigenvalue weighted by molar-refractivity contribution is 0.228. The summed E-state index contributed by atoms with van der Waals surface area (Å²) in [6, 6.07) is 6.09. The number of rotatable bonds is 8. The van der Waals surface area contributed by atoms with Gasteiger partial charge in [-0.3, -0.25) is 8.75 Å². The number of ether oxygens (including phenoxy) is 1. The molecule has 1 aromatic carbocycles. The van der Waals surface area contributed by atoms with E-state index in [0.29, 0.717) is 0 Å². The zero-order valence-electron chi connectivity index (χ0n) is 12.6. The SMILES string of the molecule is CCP(=O)(COS(=O)(=O)c1ccccc1OC)OC(C)C. The van der Waals surface area contributed by atoms with Gasteiger partial charge >= 0.3 is 10.1 Å². The van der Waals surface area contributed by atoms with Gasteiger partial charge in [-0.2, -0.15) is 8.42 Å². The summed E-state index contributed by atoms with van der Waals surface area (Å²) in [7, 11) is -5.83. The van der Waals surface area contributed by atoms with E-state index in [9.17, 15) is 13.0 Å². The van der Waals surface area contributed by atoms with Crippen molar-refractivity contribution in [2.24, 2.45) is 0 Å². The number of hydrogen-bond donors (Lipinski definition) is 0. The average Bonchev–Trinajstić information content (AvgIpc) is 2.44. The van der Waals surface area contributed by atoms with Crippen LogP contribution >= 0.6 is 7.37 Å². The quantitative estimate of drug-likeness (QED) is 0.536. The van der Waals surface area contributed by atoms with Gasteiger partial charge in [-0.15, -0.1) is 0 Å². The van der Waals surface area contributed by atoms with Crippen molar-refractivity contribution < 1.29 is 26.4 Å². The van der Waals surface area contributed by atoms with Gasteiger partial charge in [-0.25, -0.2) is 0 Å². The molecule has 0 fully saturated rings. The van der Waals surface area contributed by atoms with Gasteiger partial charge in [0.2, 0.25) is 7.37 Å². The van der Waals surface area contributed by atoms with E-state index in [2.05, 4.69) is 0 Å². The van der Waals surface area contributed by atoms with Crippen LogP contribution in [0.15, 0.2) is 29.2 Å². The van der Waals surface area contributed by atoms with Gasteiger partial charge in [0.1, 0.15) is 17.0 Å². The summed E-state index contributed by atoms with van der Waals surface area (Å²) in [6.45, 7) is 5.14. The third-order valence-electron chi connectivity index (χ3n) is 2.63. The molecule has 0 saturated carbocycles. The molecule has 0 aliphatic rings. The maximum absolute atomic E-state index is 12.4. The Bertz CT molecular complexity index is 611. The van der Waals surface area contributed by atoms with E-state index in [0.717, 1.165) is 0 Å². The molecule has 0 saturated heterocycles. The molecule has 0 spiro atoms. The molecule has 0 aliphatic carbocycles. The Kier molecular flexibility index (Phi) is 6.41. The maximum Gasteiger partial charge on any atom is 0.301 e. The van der Waals surface area contributed by atoms with Crippen LogP contribution in [0.3, 0.4) is 0 Å². The topological polar surface area (TPSA) is 78.9 Å². The second kappa shape index (κ2) is 7.40. The lowest BCUT2D eigenvalue weighted by atomic mass is 10.3. The molecule has 0 N–H and O–H groups in total. The van der Waals surface area contributed by atoms with Gasteiger partial charge < -0.3 is 9.26 Å². The molecule has 0 aromatic heterocycles. The second-order valence-corrected chi connectivity index (χ2v) is 8.95. The Morgan fingerprint density at radius 3 is 2.38 bits per heavy atom. The van der Waals surface area contributed by atoms with Crippen LogP contribution in [-0.4, -0.2) is 34.1 Å². The van der Waals surface area contributed by atoms with Crippen LogP contribution in [0.5, 0.6) is 5.75 Å². The smallest absolute Gasteiger partial charge is 0.301 e. The fourth-order valence-electron chi connectivity index (χ4n) is 1.62. The molecular weight excluding hydrogens is 315 g/mol. The van der Waals surface area contributed by atoms with Gasteiger partial charge in [0.25, 0.3) is 0 Å². The first-order chi connectivity index (χ1) is 9.74. The van der Waals surface area contributed by atoms with Crippen molar-refractivity contribution >= 4 is 17.5 Å². The Morgan fingerprint density at radius 2 is 1.86 bits per heavy atom.